The van der Waals surface area contributed by atoms with E-state index in [1.54, 1.807) is 0 Å². The largest absolute Gasteiger partial charge is 0.374 e. The van der Waals surface area contributed by atoms with Gasteiger partial charge in [-0.15, -0.1) is 0 Å². The molecule has 0 fully saturated rings. The van der Waals surface area contributed by atoms with Crippen molar-refractivity contribution in [2.75, 3.05) is 6.61 Å². The van der Waals surface area contributed by atoms with Crippen LogP contribution < -0.4 is 5.32 Å². The summed E-state index contributed by atoms with van der Waals surface area (Å²) in [6, 6.07) is 0. The Bertz CT molecular complexity index is 181. The standard InChI is InChI=1S/C11H23NO3/c1-6-10(13)12-11(15-9(4)5)7-14-8(2)3/h8-9,11H,6-7H2,1-5H3,(H,12,13). The fourth-order valence-electron chi connectivity index (χ4n) is 1.00. The first-order valence-electron chi connectivity index (χ1n) is 5.52. The van der Waals surface area contributed by atoms with Gasteiger partial charge in [-0.25, -0.2) is 0 Å². The molecule has 0 spiro atoms. The second-order valence-electron chi connectivity index (χ2n) is 3.98. The lowest BCUT2D eigenvalue weighted by atomic mass is 10.4. The van der Waals surface area contributed by atoms with E-state index in [4.69, 9.17) is 9.47 Å². The number of nitrogens with one attached hydrogen (secondary N) is 1. The average Bonchev–Trinajstić information content (AvgIpc) is 2.13. The van der Waals surface area contributed by atoms with Gasteiger partial charge in [0.05, 0.1) is 18.8 Å². The van der Waals surface area contributed by atoms with Crippen molar-refractivity contribution in [3.05, 3.63) is 0 Å². The molecule has 0 radical (unpaired) electrons. The molecule has 90 valence electrons. The second kappa shape index (κ2) is 7.65. The summed E-state index contributed by atoms with van der Waals surface area (Å²) in [5.41, 5.74) is 0. The molecule has 1 amide bonds. The lowest BCUT2D eigenvalue weighted by Gasteiger charge is -2.22. The number of carbonyl (C=O) groups excluding carboxylic acids is 1. The minimum absolute atomic E-state index is 0.0204. The van der Waals surface area contributed by atoms with Gasteiger partial charge in [0.15, 0.2) is 6.23 Å². The number of hydrogen-bond donors (Lipinski definition) is 1. The Morgan fingerprint density at radius 3 is 2.20 bits per heavy atom. The summed E-state index contributed by atoms with van der Waals surface area (Å²) in [6.07, 6.45) is 0.323. The van der Waals surface area contributed by atoms with Crippen LogP contribution in [0.1, 0.15) is 41.0 Å². The second-order valence-corrected chi connectivity index (χ2v) is 3.98. The molecular weight excluding hydrogens is 194 g/mol. The van der Waals surface area contributed by atoms with Crippen molar-refractivity contribution in [1.29, 1.82) is 0 Å². The van der Waals surface area contributed by atoms with Gasteiger partial charge in [0.2, 0.25) is 5.91 Å². The van der Waals surface area contributed by atoms with Crippen LogP contribution in [0.4, 0.5) is 0 Å². The molecule has 1 atom stereocenters. The van der Waals surface area contributed by atoms with Gasteiger partial charge in [0.1, 0.15) is 0 Å². The molecular formula is C11H23NO3. The first-order chi connectivity index (χ1) is 6.95. The first-order valence-corrected chi connectivity index (χ1v) is 5.52. The maximum atomic E-state index is 11.2. The third-order valence-corrected chi connectivity index (χ3v) is 1.66. The first kappa shape index (κ1) is 14.4. The van der Waals surface area contributed by atoms with Gasteiger partial charge in [-0.2, -0.15) is 0 Å². The molecule has 0 aliphatic carbocycles. The predicted octanol–water partition coefficient (Wildman–Crippen LogP) is 1.69. The molecule has 0 saturated carbocycles. The average molecular weight is 217 g/mol. The molecule has 1 N–H and O–H groups in total. The van der Waals surface area contributed by atoms with Crippen LogP contribution in [-0.4, -0.2) is 30.9 Å². The zero-order valence-electron chi connectivity index (χ0n) is 10.4. The predicted molar refractivity (Wildman–Crippen MR) is 59.5 cm³/mol. The van der Waals surface area contributed by atoms with Gasteiger partial charge < -0.3 is 14.8 Å². The Morgan fingerprint density at radius 1 is 1.20 bits per heavy atom. The molecule has 0 aromatic heterocycles. The van der Waals surface area contributed by atoms with E-state index in [1.165, 1.54) is 0 Å². The van der Waals surface area contributed by atoms with Crippen LogP contribution in [0.15, 0.2) is 0 Å². The minimum atomic E-state index is -0.347. The fraction of sp³-hybridized carbons (Fsp3) is 0.909. The smallest absolute Gasteiger partial charge is 0.221 e. The van der Waals surface area contributed by atoms with E-state index in [0.29, 0.717) is 13.0 Å². The molecule has 15 heavy (non-hydrogen) atoms. The van der Waals surface area contributed by atoms with E-state index >= 15 is 0 Å². The lowest BCUT2D eigenvalue weighted by Crippen LogP contribution is -2.41. The molecule has 0 heterocycles. The highest BCUT2D eigenvalue weighted by Gasteiger charge is 2.14. The van der Waals surface area contributed by atoms with E-state index in [-0.39, 0.29) is 24.3 Å². The number of ether oxygens (including phenoxy) is 2. The van der Waals surface area contributed by atoms with Gasteiger partial charge in [0.25, 0.3) is 0 Å². The number of amides is 1. The molecule has 0 aromatic carbocycles. The summed E-state index contributed by atoms with van der Waals surface area (Å²) in [5, 5.41) is 2.77. The Kier molecular flexibility index (Phi) is 7.34. The van der Waals surface area contributed by atoms with E-state index in [0.717, 1.165) is 0 Å². The summed E-state index contributed by atoms with van der Waals surface area (Å²) in [4.78, 5) is 11.2. The number of hydrogen-bond acceptors (Lipinski definition) is 3. The zero-order valence-corrected chi connectivity index (χ0v) is 10.4. The Balaban J connectivity index is 4.00. The summed E-state index contributed by atoms with van der Waals surface area (Å²) in [5.74, 6) is -0.0204. The highest BCUT2D eigenvalue weighted by Crippen LogP contribution is 1.99. The van der Waals surface area contributed by atoms with Crippen LogP contribution in [0.3, 0.4) is 0 Å². The molecule has 0 saturated heterocycles. The molecule has 4 nitrogen and oxygen atoms in total. The minimum Gasteiger partial charge on any atom is -0.374 e. The Morgan fingerprint density at radius 2 is 1.80 bits per heavy atom. The van der Waals surface area contributed by atoms with E-state index in [2.05, 4.69) is 5.32 Å². The maximum absolute atomic E-state index is 11.2. The van der Waals surface area contributed by atoms with Crippen molar-refractivity contribution in [1.82, 2.24) is 5.32 Å². The third kappa shape index (κ3) is 8.39. The number of carbonyl (C=O) groups is 1. The van der Waals surface area contributed by atoms with E-state index < -0.39 is 0 Å². The van der Waals surface area contributed by atoms with E-state index in [1.807, 2.05) is 34.6 Å². The van der Waals surface area contributed by atoms with Crippen molar-refractivity contribution in [2.45, 2.75) is 59.5 Å². The Labute approximate surface area is 92.3 Å². The summed E-state index contributed by atoms with van der Waals surface area (Å²) in [6.45, 7) is 9.97. The maximum Gasteiger partial charge on any atom is 0.221 e. The van der Waals surface area contributed by atoms with Crippen LogP contribution in [-0.2, 0) is 14.3 Å². The molecule has 0 aromatic rings. The van der Waals surface area contributed by atoms with Crippen molar-refractivity contribution in [3.8, 4) is 0 Å². The van der Waals surface area contributed by atoms with Gasteiger partial charge in [-0.1, -0.05) is 6.92 Å². The van der Waals surface area contributed by atoms with Crippen LogP contribution >= 0.6 is 0 Å². The van der Waals surface area contributed by atoms with Crippen molar-refractivity contribution in [2.24, 2.45) is 0 Å². The number of rotatable bonds is 7. The van der Waals surface area contributed by atoms with Gasteiger partial charge in [-0.3, -0.25) is 4.79 Å². The van der Waals surface area contributed by atoms with Crippen molar-refractivity contribution >= 4 is 5.91 Å². The molecule has 0 bridgehead atoms. The zero-order chi connectivity index (χ0) is 11.8. The van der Waals surface area contributed by atoms with Gasteiger partial charge in [0, 0.05) is 6.42 Å². The molecule has 4 heteroatoms. The van der Waals surface area contributed by atoms with E-state index in [9.17, 15) is 4.79 Å². The van der Waals surface area contributed by atoms with Crippen LogP contribution in [0.25, 0.3) is 0 Å². The molecule has 1 unspecified atom stereocenters. The summed E-state index contributed by atoms with van der Waals surface area (Å²) >= 11 is 0. The van der Waals surface area contributed by atoms with Crippen LogP contribution in [0.5, 0.6) is 0 Å². The highest BCUT2D eigenvalue weighted by atomic mass is 16.6. The van der Waals surface area contributed by atoms with Crippen molar-refractivity contribution in [3.63, 3.8) is 0 Å². The van der Waals surface area contributed by atoms with Crippen LogP contribution in [0, 0.1) is 0 Å². The SMILES string of the molecule is CCC(=O)NC(COC(C)C)OC(C)C. The topological polar surface area (TPSA) is 47.6 Å². The molecule has 0 aliphatic heterocycles. The highest BCUT2D eigenvalue weighted by molar-refractivity contribution is 5.75. The molecule has 0 aliphatic rings. The normalized spacial score (nSPS) is 13.3. The third-order valence-electron chi connectivity index (χ3n) is 1.66. The van der Waals surface area contributed by atoms with Gasteiger partial charge in [-0.05, 0) is 27.7 Å². The lowest BCUT2D eigenvalue weighted by molar-refractivity contribution is -0.130. The van der Waals surface area contributed by atoms with Crippen molar-refractivity contribution < 1.29 is 14.3 Å². The summed E-state index contributed by atoms with van der Waals surface area (Å²) < 4.78 is 10.9. The molecule has 0 rings (SSSR count). The van der Waals surface area contributed by atoms with Crippen LogP contribution in [0.2, 0.25) is 0 Å². The Hall–Kier alpha value is -0.610. The van der Waals surface area contributed by atoms with Gasteiger partial charge >= 0.3 is 0 Å². The fourth-order valence-corrected chi connectivity index (χ4v) is 1.00. The monoisotopic (exact) mass is 217 g/mol. The quantitative estimate of drug-likeness (QED) is 0.660. The summed E-state index contributed by atoms with van der Waals surface area (Å²) in [7, 11) is 0.